The average Bonchev–Trinajstić information content (AvgIpc) is 1.89. The van der Waals surface area contributed by atoms with E-state index < -0.39 is 0 Å². The van der Waals surface area contributed by atoms with Crippen LogP contribution in [-0.2, 0) is 4.74 Å². The maximum absolute atomic E-state index is 5.75. The third-order valence-corrected chi connectivity index (χ3v) is 2.42. The van der Waals surface area contributed by atoms with E-state index in [1.165, 1.54) is 0 Å². The molecule has 0 aromatic rings. The summed E-state index contributed by atoms with van der Waals surface area (Å²) in [5, 5.41) is 0. The van der Waals surface area contributed by atoms with Gasteiger partial charge in [-0.15, -0.1) is 0 Å². The standard InChI is InChI=1S/C7H15NO/c1-3-7(4-2)6(8)5-9-7/h6H,3-5,8H2,1-2H3. The summed E-state index contributed by atoms with van der Waals surface area (Å²) in [7, 11) is 0. The van der Waals surface area contributed by atoms with Crippen LogP contribution < -0.4 is 5.73 Å². The average molecular weight is 129 g/mol. The summed E-state index contributed by atoms with van der Waals surface area (Å²) >= 11 is 0. The van der Waals surface area contributed by atoms with Crippen LogP contribution in [0.5, 0.6) is 0 Å². The number of hydrogen-bond donors (Lipinski definition) is 1. The van der Waals surface area contributed by atoms with Crippen molar-refractivity contribution in [3.05, 3.63) is 0 Å². The summed E-state index contributed by atoms with van der Waals surface area (Å²) in [6.45, 7) is 5.01. The summed E-state index contributed by atoms with van der Waals surface area (Å²) in [5.74, 6) is 0. The van der Waals surface area contributed by atoms with E-state index in [4.69, 9.17) is 10.5 Å². The van der Waals surface area contributed by atoms with Gasteiger partial charge in [0.2, 0.25) is 0 Å². The van der Waals surface area contributed by atoms with Crippen LogP contribution in [0, 0.1) is 0 Å². The SMILES string of the molecule is CCC1(CC)OCC1N. The van der Waals surface area contributed by atoms with Crippen molar-refractivity contribution in [2.24, 2.45) is 5.73 Å². The van der Waals surface area contributed by atoms with Crippen molar-refractivity contribution in [1.82, 2.24) is 0 Å². The van der Waals surface area contributed by atoms with Crippen LogP contribution >= 0.6 is 0 Å². The molecule has 2 N–H and O–H groups in total. The van der Waals surface area contributed by atoms with Crippen molar-refractivity contribution in [3.8, 4) is 0 Å². The second kappa shape index (κ2) is 2.27. The lowest BCUT2D eigenvalue weighted by Crippen LogP contribution is -2.61. The summed E-state index contributed by atoms with van der Waals surface area (Å²) in [6.07, 6.45) is 2.09. The van der Waals surface area contributed by atoms with Gasteiger partial charge in [-0.25, -0.2) is 0 Å². The lowest BCUT2D eigenvalue weighted by atomic mass is 9.85. The molecule has 1 aliphatic heterocycles. The Kier molecular flexibility index (Phi) is 1.78. The Morgan fingerprint density at radius 1 is 1.56 bits per heavy atom. The second-order valence-electron chi connectivity index (χ2n) is 2.69. The van der Waals surface area contributed by atoms with Crippen LogP contribution in [0.25, 0.3) is 0 Å². The zero-order chi connectivity index (χ0) is 6.91. The largest absolute Gasteiger partial charge is 0.372 e. The van der Waals surface area contributed by atoms with Crippen molar-refractivity contribution in [2.45, 2.75) is 38.3 Å². The highest BCUT2D eigenvalue weighted by molar-refractivity contribution is 4.96. The fourth-order valence-electron chi connectivity index (χ4n) is 1.39. The second-order valence-corrected chi connectivity index (χ2v) is 2.69. The molecule has 0 aromatic carbocycles. The van der Waals surface area contributed by atoms with Gasteiger partial charge in [0, 0.05) is 0 Å². The van der Waals surface area contributed by atoms with Gasteiger partial charge in [-0.2, -0.15) is 0 Å². The van der Waals surface area contributed by atoms with Crippen molar-refractivity contribution in [2.75, 3.05) is 6.61 Å². The first-order valence-corrected chi connectivity index (χ1v) is 3.64. The van der Waals surface area contributed by atoms with E-state index >= 15 is 0 Å². The molecule has 2 heteroatoms. The van der Waals surface area contributed by atoms with E-state index in [2.05, 4.69) is 13.8 Å². The summed E-state index contributed by atoms with van der Waals surface area (Å²) in [6, 6.07) is 0.285. The molecule has 0 saturated carbocycles. The van der Waals surface area contributed by atoms with Crippen LogP contribution in [0.3, 0.4) is 0 Å². The van der Waals surface area contributed by atoms with Gasteiger partial charge in [-0.3, -0.25) is 0 Å². The van der Waals surface area contributed by atoms with Gasteiger partial charge < -0.3 is 10.5 Å². The molecule has 0 aromatic heterocycles. The van der Waals surface area contributed by atoms with Crippen LogP contribution in [-0.4, -0.2) is 18.2 Å². The monoisotopic (exact) mass is 129 g/mol. The molecule has 1 heterocycles. The van der Waals surface area contributed by atoms with Gasteiger partial charge in [0.25, 0.3) is 0 Å². The molecule has 0 aliphatic carbocycles. The molecular weight excluding hydrogens is 114 g/mol. The lowest BCUT2D eigenvalue weighted by molar-refractivity contribution is -0.169. The van der Waals surface area contributed by atoms with Crippen molar-refractivity contribution in [3.63, 3.8) is 0 Å². The van der Waals surface area contributed by atoms with E-state index in [-0.39, 0.29) is 11.6 Å². The Morgan fingerprint density at radius 2 is 2.11 bits per heavy atom. The van der Waals surface area contributed by atoms with E-state index in [9.17, 15) is 0 Å². The maximum Gasteiger partial charge on any atom is 0.0850 e. The molecule has 1 saturated heterocycles. The van der Waals surface area contributed by atoms with Gasteiger partial charge in [-0.1, -0.05) is 13.8 Å². The smallest absolute Gasteiger partial charge is 0.0850 e. The number of hydrogen-bond acceptors (Lipinski definition) is 2. The molecule has 0 spiro atoms. The Morgan fingerprint density at radius 3 is 2.11 bits per heavy atom. The number of rotatable bonds is 2. The Labute approximate surface area is 56.4 Å². The Hall–Kier alpha value is -0.0800. The number of ether oxygens (including phenoxy) is 1. The number of nitrogens with two attached hydrogens (primary N) is 1. The molecule has 1 aliphatic rings. The highest BCUT2D eigenvalue weighted by Crippen LogP contribution is 2.31. The minimum absolute atomic E-state index is 0.0417. The molecule has 1 atom stereocenters. The Bertz CT molecular complexity index is 93.6. The first-order valence-electron chi connectivity index (χ1n) is 3.64. The minimum atomic E-state index is 0.0417. The summed E-state index contributed by atoms with van der Waals surface area (Å²) in [4.78, 5) is 0. The first kappa shape index (κ1) is 7.03. The molecule has 1 fully saturated rings. The zero-order valence-corrected chi connectivity index (χ0v) is 6.18. The molecule has 9 heavy (non-hydrogen) atoms. The van der Waals surface area contributed by atoms with E-state index in [1.807, 2.05) is 0 Å². The highest BCUT2D eigenvalue weighted by atomic mass is 16.5. The summed E-state index contributed by atoms with van der Waals surface area (Å²) < 4.78 is 5.40. The van der Waals surface area contributed by atoms with Crippen LogP contribution in [0.15, 0.2) is 0 Å². The van der Waals surface area contributed by atoms with E-state index in [0.717, 1.165) is 19.4 Å². The van der Waals surface area contributed by atoms with Gasteiger partial charge in [0.15, 0.2) is 0 Å². The molecular formula is C7H15NO. The topological polar surface area (TPSA) is 35.2 Å². The van der Waals surface area contributed by atoms with Crippen molar-refractivity contribution in [1.29, 1.82) is 0 Å². The molecule has 2 nitrogen and oxygen atoms in total. The third-order valence-electron chi connectivity index (χ3n) is 2.42. The maximum atomic E-state index is 5.75. The molecule has 0 radical (unpaired) electrons. The molecule has 54 valence electrons. The van der Waals surface area contributed by atoms with E-state index in [1.54, 1.807) is 0 Å². The molecule has 1 rings (SSSR count). The third kappa shape index (κ3) is 0.864. The van der Waals surface area contributed by atoms with Crippen molar-refractivity contribution >= 4 is 0 Å². The first-order chi connectivity index (χ1) is 4.25. The Balaban J connectivity index is 2.48. The molecule has 1 unspecified atom stereocenters. The quantitative estimate of drug-likeness (QED) is 0.601. The normalized spacial score (nSPS) is 31.7. The van der Waals surface area contributed by atoms with Crippen molar-refractivity contribution < 1.29 is 4.74 Å². The zero-order valence-electron chi connectivity index (χ0n) is 6.18. The predicted molar refractivity (Wildman–Crippen MR) is 37.2 cm³/mol. The fraction of sp³-hybridized carbons (Fsp3) is 1.00. The van der Waals surface area contributed by atoms with Crippen LogP contribution in [0.2, 0.25) is 0 Å². The van der Waals surface area contributed by atoms with Gasteiger partial charge >= 0.3 is 0 Å². The fourth-order valence-corrected chi connectivity index (χ4v) is 1.39. The van der Waals surface area contributed by atoms with Crippen LogP contribution in [0.4, 0.5) is 0 Å². The van der Waals surface area contributed by atoms with E-state index in [0.29, 0.717) is 0 Å². The van der Waals surface area contributed by atoms with Gasteiger partial charge in [0.1, 0.15) is 0 Å². The highest BCUT2D eigenvalue weighted by Gasteiger charge is 2.42. The molecule has 0 bridgehead atoms. The summed E-state index contributed by atoms with van der Waals surface area (Å²) in [5.41, 5.74) is 5.80. The minimum Gasteiger partial charge on any atom is -0.372 e. The molecule has 0 amide bonds. The van der Waals surface area contributed by atoms with Crippen LogP contribution in [0.1, 0.15) is 26.7 Å². The van der Waals surface area contributed by atoms with Gasteiger partial charge in [-0.05, 0) is 12.8 Å². The van der Waals surface area contributed by atoms with Gasteiger partial charge in [0.05, 0.1) is 18.2 Å². The predicted octanol–water partition coefficient (Wildman–Crippen LogP) is 0.903. The lowest BCUT2D eigenvalue weighted by Gasteiger charge is -2.46.